The third kappa shape index (κ3) is 3.25. The molecule has 0 bridgehead atoms. The van der Waals surface area contributed by atoms with Crippen LogP contribution in [0.2, 0.25) is 0 Å². The van der Waals surface area contributed by atoms with E-state index in [4.69, 9.17) is 5.26 Å². The third-order valence-electron chi connectivity index (χ3n) is 2.32. The van der Waals surface area contributed by atoms with Crippen molar-refractivity contribution in [3.8, 4) is 6.07 Å². The first-order valence-corrected chi connectivity index (χ1v) is 5.44. The Hall–Kier alpha value is -1.53. The summed E-state index contributed by atoms with van der Waals surface area (Å²) in [5.74, 6) is 0. The number of aliphatic hydroxyl groups is 1. The number of likely N-dealkylation sites (N-methyl/N-ethyl adjacent to an activating group) is 1. The third-order valence-corrected chi connectivity index (χ3v) is 2.32. The quantitative estimate of drug-likeness (QED) is 0.842. The van der Waals surface area contributed by atoms with E-state index in [1.54, 1.807) is 19.9 Å². The van der Waals surface area contributed by atoms with Gasteiger partial charge in [-0.3, -0.25) is 0 Å². The van der Waals surface area contributed by atoms with E-state index in [2.05, 4.69) is 6.07 Å². The monoisotopic (exact) mass is 218 g/mol. The molecular formula is C13H18N2O. The number of hydrogen-bond donors (Lipinski definition) is 1. The van der Waals surface area contributed by atoms with Gasteiger partial charge < -0.3 is 10.0 Å². The van der Waals surface area contributed by atoms with Crippen LogP contribution < -0.4 is 4.90 Å². The van der Waals surface area contributed by atoms with Crippen molar-refractivity contribution < 1.29 is 5.11 Å². The molecule has 3 heteroatoms. The first-order chi connectivity index (χ1) is 7.48. The van der Waals surface area contributed by atoms with Crippen LogP contribution in [-0.2, 0) is 0 Å². The minimum atomic E-state index is -0.765. The Morgan fingerprint density at radius 2 is 2.00 bits per heavy atom. The van der Waals surface area contributed by atoms with E-state index >= 15 is 0 Å². The lowest BCUT2D eigenvalue weighted by Crippen LogP contribution is -2.38. The summed E-state index contributed by atoms with van der Waals surface area (Å²) in [4.78, 5) is 2.01. The van der Waals surface area contributed by atoms with E-state index in [0.29, 0.717) is 12.1 Å². The molecule has 0 amide bonds. The molecule has 1 aromatic rings. The summed E-state index contributed by atoms with van der Waals surface area (Å²) >= 11 is 0. The van der Waals surface area contributed by atoms with Gasteiger partial charge in [0.25, 0.3) is 0 Å². The number of hydrogen-bond acceptors (Lipinski definition) is 3. The lowest BCUT2D eigenvalue weighted by atomic mass is 10.1. The van der Waals surface area contributed by atoms with Crippen LogP contribution >= 0.6 is 0 Å². The van der Waals surface area contributed by atoms with E-state index in [-0.39, 0.29) is 0 Å². The van der Waals surface area contributed by atoms with Crippen LogP contribution in [0.25, 0.3) is 0 Å². The highest BCUT2D eigenvalue weighted by Crippen LogP contribution is 2.21. The topological polar surface area (TPSA) is 47.3 Å². The molecule has 0 saturated heterocycles. The molecule has 3 nitrogen and oxygen atoms in total. The van der Waals surface area contributed by atoms with Crippen LogP contribution in [0.5, 0.6) is 0 Å². The molecule has 0 spiro atoms. The smallest absolute Gasteiger partial charge is 0.101 e. The minimum absolute atomic E-state index is 0.516. The summed E-state index contributed by atoms with van der Waals surface area (Å²) in [6.45, 7) is 6.83. The predicted octanol–water partition coefficient (Wildman–Crippen LogP) is 2.16. The van der Waals surface area contributed by atoms with Crippen molar-refractivity contribution in [2.45, 2.75) is 26.4 Å². The van der Waals surface area contributed by atoms with Crippen molar-refractivity contribution in [2.24, 2.45) is 0 Å². The van der Waals surface area contributed by atoms with Crippen molar-refractivity contribution in [3.05, 3.63) is 29.8 Å². The van der Waals surface area contributed by atoms with Gasteiger partial charge in [0, 0.05) is 13.1 Å². The molecule has 0 radical (unpaired) electrons. The molecule has 0 aliphatic heterocycles. The number of benzene rings is 1. The largest absolute Gasteiger partial charge is 0.389 e. The maximum Gasteiger partial charge on any atom is 0.101 e. The fourth-order valence-corrected chi connectivity index (χ4v) is 1.68. The number of para-hydroxylation sites is 1. The maximum absolute atomic E-state index is 9.82. The van der Waals surface area contributed by atoms with Crippen LogP contribution in [0.4, 0.5) is 5.69 Å². The lowest BCUT2D eigenvalue weighted by molar-refractivity contribution is 0.0876. The Kier molecular flexibility index (Phi) is 3.92. The molecule has 0 fully saturated rings. The van der Waals surface area contributed by atoms with Gasteiger partial charge in [-0.1, -0.05) is 12.1 Å². The molecule has 0 aliphatic rings. The fraction of sp³-hybridized carbons (Fsp3) is 0.462. The van der Waals surface area contributed by atoms with Gasteiger partial charge >= 0.3 is 0 Å². The predicted molar refractivity (Wildman–Crippen MR) is 65.3 cm³/mol. The molecule has 86 valence electrons. The average molecular weight is 218 g/mol. The minimum Gasteiger partial charge on any atom is -0.389 e. The van der Waals surface area contributed by atoms with Crippen molar-refractivity contribution in [1.82, 2.24) is 0 Å². The molecule has 0 aliphatic carbocycles. The summed E-state index contributed by atoms with van der Waals surface area (Å²) in [7, 11) is 0. The standard InChI is InChI=1S/C13H18N2O/c1-4-15(10-13(2,3)16)12-8-6-5-7-11(12)9-14/h5-8,16H,4,10H2,1-3H3. The van der Waals surface area contributed by atoms with Crippen molar-refractivity contribution in [2.75, 3.05) is 18.0 Å². The van der Waals surface area contributed by atoms with Crippen molar-refractivity contribution >= 4 is 5.69 Å². The summed E-state index contributed by atoms with van der Waals surface area (Å²) in [5, 5.41) is 18.8. The molecule has 0 atom stereocenters. The summed E-state index contributed by atoms with van der Waals surface area (Å²) in [6.07, 6.45) is 0. The second kappa shape index (κ2) is 5.00. The Labute approximate surface area is 96.9 Å². The molecule has 1 N–H and O–H groups in total. The molecule has 1 aromatic carbocycles. The van der Waals surface area contributed by atoms with Gasteiger partial charge in [0.15, 0.2) is 0 Å². The van der Waals surface area contributed by atoms with E-state index in [0.717, 1.165) is 12.2 Å². The second-order valence-electron chi connectivity index (χ2n) is 4.46. The van der Waals surface area contributed by atoms with Gasteiger partial charge in [-0.15, -0.1) is 0 Å². The van der Waals surface area contributed by atoms with Gasteiger partial charge in [0.1, 0.15) is 6.07 Å². The number of nitriles is 1. The summed E-state index contributed by atoms with van der Waals surface area (Å²) in [6, 6.07) is 9.63. The second-order valence-corrected chi connectivity index (χ2v) is 4.46. The highest BCUT2D eigenvalue weighted by atomic mass is 16.3. The highest BCUT2D eigenvalue weighted by molar-refractivity contribution is 5.59. The van der Waals surface area contributed by atoms with Crippen molar-refractivity contribution in [1.29, 1.82) is 5.26 Å². The van der Waals surface area contributed by atoms with Crippen LogP contribution in [0, 0.1) is 11.3 Å². The fourth-order valence-electron chi connectivity index (χ4n) is 1.68. The molecular weight excluding hydrogens is 200 g/mol. The zero-order valence-electron chi connectivity index (χ0n) is 10.1. The van der Waals surface area contributed by atoms with Crippen LogP contribution in [0.1, 0.15) is 26.3 Å². The Morgan fingerprint density at radius 3 is 2.50 bits per heavy atom. The van der Waals surface area contributed by atoms with Gasteiger partial charge in [-0.2, -0.15) is 5.26 Å². The zero-order valence-corrected chi connectivity index (χ0v) is 10.1. The van der Waals surface area contributed by atoms with E-state index in [9.17, 15) is 5.11 Å². The summed E-state index contributed by atoms with van der Waals surface area (Å²) < 4.78 is 0. The maximum atomic E-state index is 9.82. The highest BCUT2D eigenvalue weighted by Gasteiger charge is 2.19. The van der Waals surface area contributed by atoms with E-state index in [1.165, 1.54) is 0 Å². The molecule has 0 unspecified atom stereocenters. The Morgan fingerprint density at radius 1 is 1.38 bits per heavy atom. The molecule has 1 rings (SSSR count). The number of anilines is 1. The zero-order chi connectivity index (χ0) is 12.2. The van der Waals surface area contributed by atoms with Crippen molar-refractivity contribution in [3.63, 3.8) is 0 Å². The SMILES string of the molecule is CCN(CC(C)(C)O)c1ccccc1C#N. The Balaban J connectivity index is 3.00. The van der Waals surface area contributed by atoms with Crippen LogP contribution in [0.15, 0.2) is 24.3 Å². The molecule has 0 saturated carbocycles. The summed E-state index contributed by atoms with van der Waals surface area (Å²) in [5.41, 5.74) is 0.765. The molecule has 0 heterocycles. The van der Waals surface area contributed by atoms with Gasteiger partial charge in [-0.25, -0.2) is 0 Å². The first-order valence-electron chi connectivity index (χ1n) is 5.44. The van der Waals surface area contributed by atoms with Crippen LogP contribution in [-0.4, -0.2) is 23.8 Å². The van der Waals surface area contributed by atoms with E-state index in [1.807, 2.05) is 30.0 Å². The molecule has 0 aromatic heterocycles. The van der Waals surface area contributed by atoms with Gasteiger partial charge in [-0.05, 0) is 32.9 Å². The Bertz CT molecular complexity index is 388. The molecule has 16 heavy (non-hydrogen) atoms. The lowest BCUT2D eigenvalue weighted by Gasteiger charge is -2.30. The van der Waals surface area contributed by atoms with E-state index < -0.39 is 5.60 Å². The first kappa shape index (κ1) is 12.5. The van der Waals surface area contributed by atoms with Crippen LogP contribution in [0.3, 0.4) is 0 Å². The van der Waals surface area contributed by atoms with Gasteiger partial charge in [0.2, 0.25) is 0 Å². The average Bonchev–Trinajstić information content (AvgIpc) is 2.24. The van der Waals surface area contributed by atoms with Gasteiger partial charge in [0.05, 0.1) is 16.9 Å². The number of rotatable bonds is 4. The number of nitrogens with zero attached hydrogens (tertiary/aromatic N) is 2. The normalized spacial score (nSPS) is 10.9.